The predicted octanol–water partition coefficient (Wildman–Crippen LogP) is 3.02. The van der Waals surface area contributed by atoms with E-state index < -0.39 is 5.97 Å². The van der Waals surface area contributed by atoms with Crippen molar-refractivity contribution in [2.24, 2.45) is 0 Å². The molecule has 1 amide bonds. The molecular weight excluding hydrogens is 354 g/mol. The SMILES string of the molecule is COC(=O)C1=C(C)N(Cc2cccnc2)C(=O)/C1=C\c1ccc(N(C)C)cc1. The van der Waals surface area contributed by atoms with E-state index in [0.29, 0.717) is 23.4 Å². The summed E-state index contributed by atoms with van der Waals surface area (Å²) in [5.41, 5.74) is 4.00. The number of ether oxygens (including phenoxy) is 1. The van der Waals surface area contributed by atoms with Gasteiger partial charge in [-0.2, -0.15) is 0 Å². The number of rotatable bonds is 5. The van der Waals surface area contributed by atoms with E-state index >= 15 is 0 Å². The van der Waals surface area contributed by atoms with Gasteiger partial charge in [0.1, 0.15) is 0 Å². The van der Waals surface area contributed by atoms with Crippen molar-refractivity contribution in [3.63, 3.8) is 0 Å². The molecule has 0 aliphatic carbocycles. The fourth-order valence-electron chi connectivity index (χ4n) is 3.13. The largest absolute Gasteiger partial charge is 0.465 e. The van der Waals surface area contributed by atoms with Crippen LogP contribution in [0.1, 0.15) is 18.1 Å². The smallest absolute Gasteiger partial charge is 0.340 e. The van der Waals surface area contributed by atoms with Crippen LogP contribution in [0, 0.1) is 0 Å². The molecular formula is C22H23N3O3. The highest BCUT2D eigenvalue weighted by Gasteiger charge is 2.36. The molecule has 0 saturated heterocycles. The topological polar surface area (TPSA) is 62.7 Å². The van der Waals surface area contributed by atoms with Crippen molar-refractivity contribution in [1.29, 1.82) is 0 Å². The summed E-state index contributed by atoms with van der Waals surface area (Å²) >= 11 is 0. The van der Waals surface area contributed by atoms with Gasteiger partial charge in [0, 0.05) is 37.9 Å². The van der Waals surface area contributed by atoms with E-state index in [2.05, 4.69) is 4.98 Å². The van der Waals surface area contributed by atoms with Crippen molar-refractivity contribution in [3.8, 4) is 0 Å². The molecule has 3 rings (SSSR count). The maximum atomic E-state index is 13.1. The minimum absolute atomic E-state index is 0.224. The molecule has 0 fully saturated rings. The van der Waals surface area contributed by atoms with Crippen LogP contribution in [0.15, 0.2) is 65.6 Å². The summed E-state index contributed by atoms with van der Waals surface area (Å²) in [6, 6.07) is 11.5. The fourth-order valence-corrected chi connectivity index (χ4v) is 3.13. The Balaban J connectivity index is 1.99. The van der Waals surface area contributed by atoms with Crippen LogP contribution in [-0.4, -0.2) is 43.0 Å². The number of methoxy groups -OCH3 is 1. The zero-order valence-electron chi connectivity index (χ0n) is 16.5. The van der Waals surface area contributed by atoms with Crippen LogP contribution in [0.25, 0.3) is 6.08 Å². The number of nitrogens with zero attached hydrogens (tertiary/aromatic N) is 3. The van der Waals surface area contributed by atoms with Crippen LogP contribution in [0.4, 0.5) is 5.69 Å². The summed E-state index contributed by atoms with van der Waals surface area (Å²) in [4.78, 5) is 33.2. The zero-order chi connectivity index (χ0) is 20.3. The van der Waals surface area contributed by atoms with Crippen molar-refractivity contribution in [1.82, 2.24) is 9.88 Å². The van der Waals surface area contributed by atoms with Gasteiger partial charge >= 0.3 is 5.97 Å². The Bertz CT molecular complexity index is 945. The molecule has 2 aromatic rings. The second-order valence-corrected chi connectivity index (χ2v) is 6.75. The average molecular weight is 377 g/mol. The number of carbonyl (C=O) groups excluding carboxylic acids is 2. The van der Waals surface area contributed by atoms with E-state index in [1.807, 2.05) is 55.4 Å². The highest BCUT2D eigenvalue weighted by Crippen LogP contribution is 2.33. The Hall–Kier alpha value is -3.41. The van der Waals surface area contributed by atoms with Gasteiger partial charge in [0.15, 0.2) is 0 Å². The lowest BCUT2D eigenvalue weighted by Gasteiger charge is -2.17. The van der Waals surface area contributed by atoms with Gasteiger partial charge in [-0.1, -0.05) is 18.2 Å². The number of anilines is 1. The summed E-state index contributed by atoms with van der Waals surface area (Å²) in [5, 5.41) is 0. The molecule has 144 valence electrons. The molecule has 1 aromatic carbocycles. The Morgan fingerprint density at radius 3 is 2.50 bits per heavy atom. The molecule has 1 aromatic heterocycles. The highest BCUT2D eigenvalue weighted by molar-refractivity contribution is 6.16. The normalized spacial score (nSPS) is 15.4. The number of carbonyl (C=O) groups is 2. The molecule has 0 saturated carbocycles. The van der Waals surface area contributed by atoms with Crippen LogP contribution >= 0.6 is 0 Å². The fraction of sp³-hybridized carbons (Fsp3) is 0.227. The molecule has 1 aliphatic heterocycles. The molecule has 0 spiro atoms. The first-order chi connectivity index (χ1) is 13.4. The van der Waals surface area contributed by atoms with Crippen molar-refractivity contribution in [2.75, 3.05) is 26.1 Å². The van der Waals surface area contributed by atoms with E-state index in [0.717, 1.165) is 16.8 Å². The summed E-state index contributed by atoms with van der Waals surface area (Å²) in [6.45, 7) is 2.10. The number of hydrogen-bond acceptors (Lipinski definition) is 5. The third kappa shape index (κ3) is 3.81. The first-order valence-corrected chi connectivity index (χ1v) is 8.91. The van der Waals surface area contributed by atoms with E-state index in [-0.39, 0.29) is 5.91 Å². The number of esters is 1. The lowest BCUT2D eigenvalue weighted by Crippen LogP contribution is -2.24. The average Bonchev–Trinajstić information content (AvgIpc) is 2.93. The first kappa shape index (κ1) is 19.4. The van der Waals surface area contributed by atoms with Crippen molar-refractivity contribution in [2.45, 2.75) is 13.5 Å². The number of amides is 1. The molecule has 1 aliphatic rings. The maximum Gasteiger partial charge on any atom is 0.340 e. The van der Waals surface area contributed by atoms with Gasteiger partial charge in [-0.15, -0.1) is 0 Å². The highest BCUT2D eigenvalue weighted by atomic mass is 16.5. The Labute approximate surface area is 164 Å². The Morgan fingerprint density at radius 1 is 1.21 bits per heavy atom. The molecule has 0 N–H and O–H groups in total. The van der Waals surface area contributed by atoms with Gasteiger partial charge in [-0.25, -0.2) is 4.79 Å². The van der Waals surface area contributed by atoms with Crippen LogP contribution in [-0.2, 0) is 20.9 Å². The van der Waals surface area contributed by atoms with Crippen molar-refractivity contribution >= 4 is 23.6 Å². The van der Waals surface area contributed by atoms with Crippen LogP contribution in [0.3, 0.4) is 0 Å². The zero-order valence-corrected chi connectivity index (χ0v) is 16.5. The van der Waals surface area contributed by atoms with Gasteiger partial charge in [-0.3, -0.25) is 9.78 Å². The number of aromatic nitrogens is 1. The van der Waals surface area contributed by atoms with Crippen molar-refractivity contribution < 1.29 is 14.3 Å². The van der Waals surface area contributed by atoms with Gasteiger partial charge in [0.05, 0.1) is 24.8 Å². The first-order valence-electron chi connectivity index (χ1n) is 8.91. The van der Waals surface area contributed by atoms with Gasteiger partial charge in [-0.05, 0) is 42.3 Å². The summed E-state index contributed by atoms with van der Waals surface area (Å²) in [7, 11) is 5.25. The maximum absolute atomic E-state index is 13.1. The van der Waals surface area contributed by atoms with Crippen molar-refractivity contribution in [3.05, 3.63) is 76.8 Å². The van der Waals surface area contributed by atoms with Gasteiger partial charge in [0.25, 0.3) is 5.91 Å². The van der Waals surface area contributed by atoms with Gasteiger partial charge in [0.2, 0.25) is 0 Å². The van der Waals surface area contributed by atoms with E-state index in [9.17, 15) is 9.59 Å². The standard InChI is InChI=1S/C22H23N3O3/c1-15-20(22(27)28-4)19(12-16-7-9-18(10-8-16)24(2)3)21(26)25(15)14-17-6-5-11-23-13-17/h5-13H,14H2,1-4H3/b19-12-. The number of benzene rings is 1. The van der Waals surface area contributed by atoms with Crippen LogP contribution < -0.4 is 4.90 Å². The summed E-state index contributed by atoms with van der Waals surface area (Å²) < 4.78 is 4.93. The third-order valence-corrected chi connectivity index (χ3v) is 4.69. The number of hydrogen-bond donors (Lipinski definition) is 0. The lowest BCUT2D eigenvalue weighted by molar-refractivity contribution is -0.136. The van der Waals surface area contributed by atoms with Crippen LogP contribution in [0.5, 0.6) is 0 Å². The molecule has 6 nitrogen and oxygen atoms in total. The Kier molecular flexibility index (Phi) is 5.59. The molecule has 28 heavy (non-hydrogen) atoms. The van der Waals surface area contributed by atoms with E-state index in [1.54, 1.807) is 30.3 Å². The number of pyridine rings is 1. The molecule has 0 radical (unpaired) electrons. The second kappa shape index (κ2) is 8.08. The van der Waals surface area contributed by atoms with Crippen LogP contribution in [0.2, 0.25) is 0 Å². The minimum Gasteiger partial charge on any atom is -0.465 e. The lowest BCUT2D eigenvalue weighted by atomic mass is 10.0. The number of allylic oxidation sites excluding steroid dienone is 1. The van der Waals surface area contributed by atoms with Gasteiger partial charge < -0.3 is 14.5 Å². The Morgan fingerprint density at radius 2 is 1.93 bits per heavy atom. The molecule has 0 bridgehead atoms. The van der Waals surface area contributed by atoms with E-state index in [1.165, 1.54) is 7.11 Å². The molecule has 0 unspecified atom stereocenters. The quantitative estimate of drug-likeness (QED) is 0.592. The third-order valence-electron chi connectivity index (χ3n) is 4.69. The summed E-state index contributed by atoms with van der Waals surface area (Å²) in [5.74, 6) is -0.742. The minimum atomic E-state index is -0.518. The molecule has 6 heteroatoms. The second-order valence-electron chi connectivity index (χ2n) is 6.75. The molecule has 0 atom stereocenters. The monoisotopic (exact) mass is 377 g/mol. The predicted molar refractivity (Wildman–Crippen MR) is 108 cm³/mol. The van der Waals surface area contributed by atoms with E-state index in [4.69, 9.17) is 4.74 Å². The summed E-state index contributed by atoms with van der Waals surface area (Å²) in [6.07, 6.45) is 5.13. The molecule has 2 heterocycles.